The Morgan fingerprint density at radius 3 is 2.29 bits per heavy atom. The smallest absolute Gasteiger partial charge is 0.418 e. The van der Waals surface area contributed by atoms with Crippen LogP contribution >= 0.6 is 0 Å². The highest BCUT2D eigenvalue weighted by Gasteiger charge is 2.75. The Morgan fingerprint density at radius 2 is 1.79 bits per heavy atom. The Kier molecular flexibility index (Phi) is 3.32. The molecule has 3 rings (SSSR count). The van der Waals surface area contributed by atoms with Crippen molar-refractivity contribution >= 4 is 17.6 Å². The van der Waals surface area contributed by atoms with Crippen molar-refractivity contribution in [2.24, 2.45) is 10.8 Å². The highest BCUT2D eigenvalue weighted by atomic mass is 19.4. The van der Waals surface area contributed by atoms with Crippen LogP contribution in [0.15, 0.2) is 24.3 Å². The number of amides is 1. The third kappa shape index (κ3) is 1.93. The van der Waals surface area contributed by atoms with Crippen molar-refractivity contribution in [3.63, 3.8) is 0 Å². The molecule has 130 valence electrons. The summed E-state index contributed by atoms with van der Waals surface area (Å²) in [6, 6.07) is 4.75. The molecule has 0 radical (unpaired) electrons. The van der Waals surface area contributed by atoms with E-state index in [4.69, 9.17) is 4.74 Å². The SMILES string of the molecule is CC1(C)[C@@]2(C(=O)Nc3ccccc3C(F)(F)F)CC[C@]1(C)C(=O)O2. The van der Waals surface area contributed by atoms with E-state index in [1.54, 1.807) is 20.8 Å². The molecule has 2 aliphatic rings. The van der Waals surface area contributed by atoms with Gasteiger partial charge in [0.25, 0.3) is 5.91 Å². The molecule has 24 heavy (non-hydrogen) atoms. The summed E-state index contributed by atoms with van der Waals surface area (Å²) in [5.41, 5.74) is -4.34. The Hall–Kier alpha value is -2.05. The van der Waals surface area contributed by atoms with Crippen LogP contribution in [0.4, 0.5) is 18.9 Å². The molecule has 2 atom stereocenters. The molecule has 1 aromatic carbocycles. The van der Waals surface area contributed by atoms with E-state index in [2.05, 4.69) is 5.32 Å². The Balaban J connectivity index is 1.97. The molecular formula is C17H18F3NO3. The monoisotopic (exact) mass is 341 g/mol. The van der Waals surface area contributed by atoms with Gasteiger partial charge in [-0.3, -0.25) is 9.59 Å². The van der Waals surface area contributed by atoms with Gasteiger partial charge in [0.1, 0.15) is 0 Å². The van der Waals surface area contributed by atoms with Crippen molar-refractivity contribution in [2.75, 3.05) is 5.32 Å². The zero-order valence-electron chi connectivity index (χ0n) is 13.6. The lowest BCUT2D eigenvalue weighted by atomic mass is 9.66. The van der Waals surface area contributed by atoms with Crippen LogP contribution in [0.5, 0.6) is 0 Å². The largest absolute Gasteiger partial charge is 0.448 e. The number of nitrogens with one attached hydrogen (secondary N) is 1. The maximum absolute atomic E-state index is 13.1. The van der Waals surface area contributed by atoms with Crippen LogP contribution in [0.2, 0.25) is 0 Å². The second kappa shape index (κ2) is 4.74. The van der Waals surface area contributed by atoms with Gasteiger partial charge in [-0.2, -0.15) is 13.2 Å². The number of ether oxygens (including phenoxy) is 1. The summed E-state index contributed by atoms with van der Waals surface area (Å²) in [7, 11) is 0. The number of carbonyl (C=O) groups excluding carboxylic acids is 2. The molecule has 1 aromatic rings. The molecule has 2 bridgehead atoms. The summed E-state index contributed by atoms with van der Waals surface area (Å²) in [6.45, 7) is 5.24. The first-order valence-electron chi connectivity index (χ1n) is 7.67. The number of carbonyl (C=O) groups is 2. The standard InChI is InChI=1S/C17H18F3NO3/c1-14(2)15(3)8-9-16(14,24-13(15)23)12(22)21-11-7-5-4-6-10(11)17(18,19)20/h4-7H,8-9H2,1-3H3,(H,21,22)/t15-,16+/m1/s1. The van der Waals surface area contributed by atoms with E-state index in [9.17, 15) is 22.8 Å². The second-order valence-corrected chi connectivity index (χ2v) is 7.17. The number of hydrogen-bond acceptors (Lipinski definition) is 3. The molecule has 1 amide bonds. The van der Waals surface area contributed by atoms with Gasteiger partial charge in [-0.1, -0.05) is 26.0 Å². The average molecular weight is 341 g/mol. The van der Waals surface area contributed by atoms with Gasteiger partial charge in [-0.25, -0.2) is 0 Å². The van der Waals surface area contributed by atoms with Crippen molar-refractivity contribution in [1.29, 1.82) is 0 Å². The first-order chi connectivity index (χ1) is 11.0. The Labute approximate surface area is 137 Å². The molecule has 0 aromatic heterocycles. The van der Waals surface area contributed by atoms with E-state index >= 15 is 0 Å². The fourth-order valence-electron chi connectivity index (χ4n) is 3.81. The molecule has 0 unspecified atom stereocenters. The minimum absolute atomic E-state index is 0.294. The van der Waals surface area contributed by atoms with Gasteiger partial charge in [0.15, 0.2) is 5.60 Å². The van der Waals surface area contributed by atoms with Crippen molar-refractivity contribution in [3.05, 3.63) is 29.8 Å². The number of esters is 1. The van der Waals surface area contributed by atoms with Gasteiger partial charge in [0, 0.05) is 5.41 Å². The first kappa shape index (κ1) is 16.8. The van der Waals surface area contributed by atoms with Crippen LogP contribution in [0, 0.1) is 10.8 Å². The Morgan fingerprint density at radius 1 is 1.17 bits per heavy atom. The molecule has 1 heterocycles. The summed E-state index contributed by atoms with van der Waals surface area (Å²) >= 11 is 0. The number of alkyl halides is 3. The molecule has 1 aliphatic heterocycles. The molecule has 0 spiro atoms. The quantitative estimate of drug-likeness (QED) is 0.833. The maximum Gasteiger partial charge on any atom is 0.418 e. The molecule has 1 saturated heterocycles. The van der Waals surface area contributed by atoms with Crippen LogP contribution in [-0.4, -0.2) is 17.5 Å². The number of rotatable bonds is 2. The minimum Gasteiger partial charge on any atom is -0.448 e. The zero-order valence-corrected chi connectivity index (χ0v) is 13.6. The molecule has 1 saturated carbocycles. The number of para-hydroxylation sites is 1. The normalized spacial score (nSPS) is 31.0. The zero-order chi connectivity index (χ0) is 18.0. The van der Waals surface area contributed by atoms with Crippen molar-refractivity contribution in [3.8, 4) is 0 Å². The van der Waals surface area contributed by atoms with Crippen LogP contribution < -0.4 is 5.32 Å². The van der Waals surface area contributed by atoms with Crippen molar-refractivity contribution in [1.82, 2.24) is 0 Å². The third-order valence-corrected chi connectivity index (χ3v) is 5.93. The van der Waals surface area contributed by atoms with Gasteiger partial charge in [0.2, 0.25) is 0 Å². The van der Waals surface area contributed by atoms with Gasteiger partial charge in [0.05, 0.1) is 16.7 Å². The van der Waals surface area contributed by atoms with Gasteiger partial charge in [-0.15, -0.1) is 0 Å². The fraction of sp³-hybridized carbons (Fsp3) is 0.529. The van der Waals surface area contributed by atoms with Crippen LogP contribution in [0.3, 0.4) is 0 Å². The molecular weight excluding hydrogens is 323 g/mol. The summed E-state index contributed by atoms with van der Waals surface area (Å²) in [6.07, 6.45) is -3.83. The Bertz CT molecular complexity index is 728. The molecule has 1 N–H and O–H groups in total. The summed E-state index contributed by atoms with van der Waals surface area (Å²) in [4.78, 5) is 25.0. The lowest BCUT2D eigenvalue weighted by molar-refractivity contribution is -0.166. The number of benzene rings is 1. The summed E-state index contributed by atoms with van der Waals surface area (Å²) in [5.74, 6) is -1.18. The van der Waals surface area contributed by atoms with Crippen LogP contribution in [-0.2, 0) is 20.5 Å². The predicted molar refractivity (Wildman–Crippen MR) is 80.0 cm³/mol. The predicted octanol–water partition coefficient (Wildman–Crippen LogP) is 3.77. The van der Waals surface area contributed by atoms with Crippen LogP contribution in [0.25, 0.3) is 0 Å². The average Bonchev–Trinajstić information content (AvgIpc) is 2.77. The van der Waals surface area contributed by atoms with E-state index in [0.717, 1.165) is 6.07 Å². The summed E-state index contributed by atoms with van der Waals surface area (Å²) < 4.78 is 44.7. The topological polar surface area (TPSA) is 55.4 Å². The number of hydrogen-bond donors (Lipinski definition) is 1. The second-order valence-electron chi connectivity index (χ2n) is 7.17. The molecule has 7 heteroatoms. The minimum atomic E-state index is -4.59. The first-order valence-corrected chi connectivity index (χ1v) is 7.67. The van der Waals surface area contributed by atoms with E-state index < -0.39 is 40.0 Å². The van der Waals surface area contributed by atoms with E-state index in [1.807, 2.05) is 0 Å². The van der Waals surface area contributed by atoms with Crippen molar-refractivity contribution < 1.29 is 27.5 Å². The summed E-state index contributed by atoms with van der Waals surface area (Å²) in [5, 5.41) is 2.33. The molecule has 4 nitrogen and oxygen atoms in total. The third-order valence-electron chi connectivity index (χ3n) is 5.93. The fourth-order valence-corrected chi connectivity index (χ4v) is 3.81. The van der Waals surface area contributed by atoms with E-state index in [1.165, 1.54) is 18.2 Å². The number of fused-ring (bicyclic) bond motifs is 2. The van der Waals surface area contributed by atoms with E-state index in [-0.39, 0.29) is 5.69 Å². The number of halogens is 3. The lowest BCUT2D eigenvalue weighted by Crippen LogP contribution is -2.50. The number of anilines is 1. The lowest BCUT2D eigenvalue weighted by Gasteiger charge is -2.35. The van der Waals surface area contributed by atoms with Gasteiger partial charge >= 0.3 is 12.1 Å². The van der Waals surface area contributed by atoms with E-state index in [0.29, 0.717) is 12.8 Å². The highest BCUT2D eigenvalue weighted by molar-refractivity contribution is 6.03. The highest BCUT2D eigenvalue weighted by Crippen LogP contribution is 2.65. The van der Waals surface area contributed by atoms with Crippen LogP contribution in [0.1, 0.15) is 39.2 Å². The van der Waals surface area contributed by atoms with Gasteiger partial charge in [-0.05, 0) is 31.9 Å². The molecule has 2 fully saturated rings. The van der Waals surface area contributed by atoms with Gasteiger partial charge < -0.3 is 10.1 Å². The maximum atomic E-state index is 13.1. The molecule has 1 aliphatic carbocycles. The van der Waals surface area contributed by atoms with Crippen molar-refractivity contribution in [2.45, 2.75) is 45.4 Å².